The number of benzene rings is 1. The molecule has 0 aliphatic carbocycles. The van der Waals surface area contributed by atoms with Crippen LogP contribution in [0.5, 0.6) is 5.75 Å². The van der Waals surface area contributed by atoms with Gasteiger partial charge in [0.25, 0.3) is 12.9 Å². The van der Waals surface area contributed by atoms with Crippen molar-refractivity contribution in [2.75, 3.05) is 7.11 Å². The van der Waals surface area contributed by atoms with E-state index in [1.165, 1.54) is 11.8 Å². The number of rotatable bonds is 10. The highest BCUT2D eigenvalue weighted by molar-refractivity contribution is 5.42. The van der Waals surface area contributed by atoms with Crippen LogP contribution in [0.15, 0.2) is 24.4 Å². The largest absolute Gasteiger partial charge is 0.496 e. The zero-order valence-electron chi connectivity index (χ0n) is 13.3. The molecule has 0 saturated heterocycles. The van der Waals surface area contributed by atoms with E-state index in [0.29, 0.717) is 17.8 Å². The quantitative estimate of drug-likeness (QED) is 0.356. The minimum Gasteiger partial charge on any atom is -0.496 e. The number of nitro groups is 1. The average molecular weight is 349 g/mol. The van der Waals surface area contributed by atoms with E-state index >= 15 is 0 Å². The summed E-state index contributed by atoms with van der Waals surface area (Å²) in [6, 6.07) is 5.16. The van der Waals surface area contributed by atoms with Crippen LogP contribution in [0, 0.1) is 10.1 Å². The fourth-order valence-corrected chi connectivity index (χ4v) is 2.29. The zero-order chi connectivity index (χ0) is 18.2. The van der Waals surface area contributed by atoms with E-state index in [-0.39, 0.29) is 37.6 Å². The SMILES string of the molecule is COc1ccc(COC=O)cc1Cn1ncc([N+](=O)[O-])c1COC=O. The van der Waals surface area contributed by atoms with Gasteiger partial charge in [0, 0.05) is 5.56 Å². The number of aromatic nitrogens is 2. The molecule has 2 aromatic rings. The Labute approximate surface area is 142 Å². The smallest absolute Gasteiger partial charge is 0.313 e. The van der Waals surface area contributed by atoms with Crippen LogP contribution in [0.2, 0.25) is 0 Å². The van der Waals surface area contributed by atoms with E-state index < -0.39 is 4.92 Å². The Balaban J connectivity index is 2.35. The molecule has 10 heteroatoms. The number of carbonyl (C=O) groups is 2. The lowest BCUT2D eigenvalue weighted by Crippen LogP contribution is -2.10. The summed E-state index contributed by atoms with van der Waals surface area (Å²) in [7, 11) is 1.49. The molecule has 0 spiro atoms. The normalized spacial score (nSPS) is 10.1. The molecular formula is C15H15N3O7. The van der Waals surface area contributed by atoms with Gasteiger partial charge in [0.05, 0.1) is 18.6 Å². The number of hydrogen-bond acceptors (Lipinski definition) is 8. The minimum absolute atomic E-state index is 0.0842. The molecule has 0 atom stereocenters. The lowest BCUT2D eigenvalue weighted by molar-refractivity contribution is -0.386. The topological polar surface area (TPSA) is 123 Å². The highest BCUT2D eigenvalue weighted by atomic mass is 16.6. The van der Waals surface area contributed by atoms with Crippen LogP contribution >= 0.6 is 0 Å². The molecule has 0 radical (unpaired) electrons. The van der Waals surface area contributed by atoms with E-state index in [1.807, 2.05) is 0 Å². The van der Waals surface area contributed by atoms with Gasteiger partial charge in [0.1, 0.15) is 25.2 Å². The van der Waals surface area contributed by atoms with Crippen molar-refractivity contribution >= 4 is 18.6 Å². The van der Waals surface area contributed by atoms with E-state index in [9.17, 15) is 19.7 Å². The molecule has 132 valence electrons. The van der Waals surface area contributed by atoms with Crippen molar-refractivity contribution in [1.29, 1.82) is 0 Å². The molecule has 0 fully saturated rings. The van der Waals surface area contributed by atoms with Crippen molar-refractivity contribution < 1.29 is 28.7 Å². The molecule has 0 aliphatic heterocycles. The first-order chi connectivity index (χ1) is 12.1. The lowest BCUT2D eigenvalue weighted by atomic mass is 10.1. The summed E-state index contributed by atoms with van der Waals surface area (Å²) in [4.78, 5) is 31.2. The van der Waals surface area contributed by atoms with Crippen molar-refractivity contribution in [1.82, 2.24) is 9.78 Å². The lowest BCUT2D eigenvalue weighted by Gasteiger charge is -2.12. The Hall–Kier alpha value is -3.43. The Morgan fingerprint density at radius 3 is 2.60 bits per heavy atom. The number of methoxy groups -OCH3 is 1. The second-order valence-corrected chi connectivity index (χ2v) is 4.85. The Morgan fingerprint density at radius 2 is 1.96 bits per heavy atom. The fraction of sp³-hybridized carbons (Fsp3) is 0.267. The summed E-state index contributed by atoms with van der Waals surface area (Å²) in [6.45, 7) is 0.495. The van der Waals surface area contributed by atoms with Gasteiger partial charge in [0.15, 0.2) is 5.69 Å². The van der Waals surface area contributed by atoms with E-state index in [1.54, 1.807) is 18.2 Å². The monoisotopic (exact) mass is 349 g/mol. The zero-order valence-corrected chi connectivity index (χ0v) is 13.3. The summed E-state index contributed by atoms with van der Waals surface area (Å²) < 4.78 is 16.0. The van der Waals surface area contributed by atoms with Gasteiger partial charge in [-0.1, -0.05) is 6.07 Å². The van der Waals surface area contributed by atoms with Crippen molar-refractivity contribution in [2.24, 2.45) is 0 Å². The van der Waals surface area contributed by atoms with Gasteiger partial charge < -0.3 is 14.2 Å². The third-order valence-electron chi connectivity index (χ3n) is 3.39. The minimum atomic E-state index is -0.599. The maximum Gasteiger partial charge on any atom is 0.313 e. The van der Waals surface area contributed by atoms with Gasteiger partial charge in [0.2, 0.25) is 0 Å². The third-order valence-corrected chi connectivity index (χ3v) is 3.39. The van der Waals surface area contributed by atoms with Crippen LogP contribution < -0.4 is 4.74 Å². The summed E-state index contributed by atoms with van der Waals surface area (Å²) in [6.07, 6.45) is 1.09. The van der Waals surface area contributed by atoms with Crippen LogP contribution in [-0.2, 0) is 38.8 Å². The maximum atomic E-state index is 11.1. The van der Waals surface area contributed by atoms with Gasteiger partial charge in [-0.3, -0.25) is 24.4 Å². The van der Waals surface area contributed by atoms with Crippen LogP contribution in [0.4, 0.5) is 5.69 Å². The molecule has 0 bridgehead atoms. The van der Waals surface area contributed by atoms with Gasteiger partial charge in [-0.25, -0.2) is 0 Å². The number of ether oxygens (including phenoxy) is 3. The van der Waals surface area contributed by atoms with Gasteiger partial charge in [-0.15, -0.1) is 0 Å². The van der Waals surface area contributed by atoms with Crippen LogP contribution in [0.1, 0.15) is 16.8 Å². The molecule has 0 N–H and O–H groups in total. The second kappa shape index (κ2) is 8.43. The molecule has 10 nitrogen and oxygen atoms in total. The standard InChI is InChI=1S/C15H15N3O7/c1-23-15-3-2-11(7-24-9-19)4-12(15)6-17-14(8-25-10-20)13(5-16-17)18(21)22/h2-5,9-10H,6-8H2,1H3. The number of carbonyl (C=O) groups excluding carboxylic acids is 2. The molecule has 25 heavy (non-hydrogen) atoms. The molecule has 0 saturated carbocycles. The average Bonchev–Trinajstić information content (AvgIpc) is 3.01. The highest BCUT2D eigenvalue weighted by Crippen LogP contribution is 2.25. The van der Waals surface area contributed by atoms with Gasteiger partial charge in [-0.05, 0) is 17.7 Å². The van der Waals surface area contributed by atoms with Crippen LogP contribution in [-0.4, -0.2) is 34.8 Å². The summed E-state index contributed by atoms with van der Waals surface area (Å²) >= 11 is 0. The van der Waals surface area contributed by atoms with Gasteiger partial charge in [-0.2, -0.15) is 5.10 Å². The van der Waals surface area contributed by atoms with Crippen molar-refractivity contribution in [3.63, 3.8) is 0 Å². The Bertz CT molecular complexity index is 772. The first kappa shape index (κ1) is 17.9. The molecule has 0 unspecified atom stereocenters. The molecule has 1 aromatic carbocycles. The maximum absolute atomic E-state index is 11.1. The highest BCUT2D eigenvalue weighted by Gasteiger charge is 2.22. The van der Waals surface area contributed by atoms with Crippen molar-refractivity contribution in [3.8, 4) is 5.75 Å². The summed E-state index contributed by atoms with van der Waals surface area (Å²) in [5.41, 5.74) is 1.28. The number of hydrogen-bond donors (Lipinski definition) is 0. The van der Waals surface area contributed by atoms with Gasteiger partial charge >= 0.3 is 5.69 Å². The fourth-order valence-electron chi connectivity index (χ4n) is 2.29. The molecular weight excluding hydrogens is 334 g/mol. The predicted octanol–water partition coefficient (Wildman–Crippen LogP) is 1.19. The van der Waals surface area contributed by atoms with Crippen molar-refractivity contribution in [2.45, 2.75) is 19.8 Å². The van der Waals surface area contributed by atoms with Crippen molar-refractivity contribution in [3.05, 3.63) is 51.3 Å². The molecule has 1 aromatic heterocycles. The number of nitrogens with zero attached hydrogens (tertiary/aromatic N) is 3. The first-order valence-corrected chi connectivity index (χ1v) is 7.06. The second-order valence-electron chi connectivity index (χ2n) is 4.85. The summed E-state index contributed by atoms with van der Waals surface area (Å²) in [5, 5.41) is 15.1. The van der Waals surface area contributed by atoms with E-state index in [4.69, 9.17) is 9.47 Å². The summed E-state index contributed by atoms with van der Waals surface area (Å²) in [5.74, 6) is 0.537. The Kier molecular flexibility index (Phi) is 6.04. The Morgan fingerprint density at radius 1 is 1.24 bits per heavy atom. The van der Waals surface area contributed by atoms with Crippen LogP contribution in [0.3, 0.4) is 0 Å². The molecule has 1 heterocycles. The molecule has 0 aliphatic rings. The first-order valence-electron chi connectivity index (χ1n) is 7.06. The molecule has 0 amide bonds. The van der Waals surface area contributed by atoms with Crippen LogP contribution in [0.25, 0.3) is 0 Å². The van der Waals surface area contributed by atoms with E-state index in [0.717, 1.165) is 11.8 Å². The predicted molar refractivity (Wildman–Crippen MR) is 82.7 cm³/mol. The third kappa shape index (κ3) is 4.31. The van der Waals surface area contributed by atoms with E-state index in [2.05, 4.69) is 9.84 Å². The molecule has 2 rings (SSSR count).